The maximum absolute atomic E-state index is 12.2. The van der Waals surface area contributed by atoms with Gasteiger partial charge in [-0.25, -0.2) is 0 Å². The monoisotopic (exact) mass is 335 g/mol. The van der Waals surface area contributed by atoms with Crippen molar-refractivity contribution in [1.82, 2.24) is 0 Å². The summed E-state index contributed by atoms with van der Waals surface area (Å²) in [7, 11) is 0. The van der Waals surface area contributed by atoms with Crippen molar-refractivity contribution >= 4 is 39.3 Å². The van der Waals surface area contributed by atoms with Gasteiger partial charge in [0, 0.05) is 15.9 Å². The molecule has 19 heavy (non-hydrogen) atoms. The number of amides is 1. The van der Waals surface area contributed by atoms with Crippen LogP contribution >= 0.6 is 27.7 Å². The van der Waals surface area contributed by atoms with Gasteiger partial charge in [-0.05, 0) is 36.1 Å². The van der Waals surface area contributed by atoms with E-state index in [0.29, 0.717) is 5.56 Å². The molecule has 0 fully saturated rings. The third kappa shape index (κ3) is 3.61. The molecule has 0 aromatic heterocycles. The first-order valence-corrected chi connectivity index (χ1v) is 8.18. The number of rotatable bonds is 4. The van der Waals surface area contributed by atoms with Gasteiger partial charge in [0.1, 0.15) is 0 Å². The van der Waals surface area contributed by atoms with Crippen LogP contribution in [0, 0.1) is 0 Å². The molecule has 0 saturated carbocycles. The molecule has 0 bridgehead atoms. The zero-order valence-corrected chi connectivity index (χ0v) is 12.9. The topological polar surface area (TPSA) is 29.1 Å². The van der Waals surface area contributed by atoms with Gasteiger partial charge in [0.2, 0.25) is 0 Å². The van der Waals surface area contributed by atoms with E-state index in [1.54, 1.807) is 11.8 Å². The van der Waals surface area contributed by atoms with Crippen molar-refractivity contribution in [2.24, 2.45) is 0 Å². The van der Waals surface area contributed by atoms with Gasteiger partial charge >= 0.3 is 0 Å². The Morgan fingerprint density at radius 1 is 1.16 bits per heavy atom. The van der Waals surface area contributed by atoms with E-state index in [9.17, 15) is 4.79 Å². The van der Waals surface area contributed by atoms with E-state index in [-0.39, 0.29) is 5.91 Å². The summed E-state index contributed by atoms with van der Waals surface area (Å²) < 4.78 is 0. The van der Waals surface area contributed by atoms with Crippen LogP contribution in [0.5, 0.6) is 0 Å². The molecule has 0 atom stereocenters. The Labute approximate surface area is 125 Å². The quantitative estimate of drug-likeness (QED) is 0.655. The zero-order valence-electron chi connectivity index (χ0n) is 10.5. The Balaban J connectivity index is 2.16. The second kappa shape index (κ2) is 6.78. The summed E-state index contributed by atoms with van der Waals surface area (Å²) in [6, 6.07) is 15.4. The molecule has 0 heterocycles. The average Bonchev–Trinajstić information content (AvgIpc) is 2.48. The van der Waals surface area contributed by atoms with Crippen molar-refractivity contribution in [3.8, 4) is 0 Å². The summed E-state index contributed by atoms with van der Waals surface area (Å²) >= 11 is 4.97. The van der Waals surface area contributed by atoms with Crippen LogP contribution in [-0.4, -0.2) is 12.2 Å². The molecule has 0 spiro atoms. The molecule has 98 valence electrons. The second-order valence-electron chi connectivity index (χ2n) is 3.98. The van der Waals surface area contributed by atoms with E-state index in [1.807, 2.05) is 54.8 Å². The fourth-order valence-electron chi connectivity index (χ4n) is 1.71. The van der Waals surface area contributed by atoms with E-state index in [1.165, 1.54) is 5.56 Å². The van der Waals surface area contributed by atoms with Crippen LogP contribution in [0.3, 0.4) is 0 Å². The number of halogens is 1. The van der Waals surface area contributed by atoms with Crippen molar-refractivity contribution in [2.45, 2.75) is 10.2 Å². The molecular formula is C15H14BrNOS. The maximum Gasteiger partial charge on any atom is 0.256 e. The first-order valence-electron chi connectivity index (χ1n) is 5.84. The number of benzene rings is 2. The highest BCUT2D eigenvalue weighted by molar-refractivity contribution is 9.08. The normalized spacial score (nSPS) is 10.2. The van der Waals surface area contributed by atoms with Crippen LogP contribution in [-0.2, 0) is 5.33 Å². The third-order valence-corrected chi connectivity index (χ3v) is 4.16. The third-order valence-electron chi connectivity index (χ3n) is 2.72. The predicted octanol–water partition coefficient (Wildman–Crippen LogP) is 4.56. The molecule has 2 aromatic rings. The minimum Gasteiger partial charge on any atom is -0.322 e. The van der Waals surface area contributed by atoms with Crippen molar-refractivity contribution in [3.63, 3.8) is 0 Å². The molecular weight excluding hydrogens is 322 g/mol. The van der Waals surface area contributed by atoms with Crippen molar-refractivity contribution in [1.29, 1.82) is 0 Å². The minimum absolute atomic E-state index is 0.0726. The summed E-state index contributed by atoms with van der Waals surface area (Å²) in [6.07, 6.45) is 1.97. The van der Waals surface area contributed by atoms with E-state index in [0.717, 1.165) is 15.9 Å². The number of hydrogen-bond donors (Lipinski definition) is 1. The summed E-state index contributed by atoms with van der Waals surface area (Å²) in [6.45, 7) is 0. The van der Waals surface area contributed by atoms with Crippen LogP contribution in [0.4, 0.5) is 5.69 Å². The number of carbonyl (C=O) groups is 1. The molecule has 0 unspecified atom stereocenters. The summed E-state index contributed by atoms with van der Waals surface area (Å²) in [5.41, 5.74) is 2.70. The molecule has 0 aliphatic carbocycles. The average molecular weight is 336 g/mol. The highest BCUT2D eigenvalue weighted by atomic mass is 79.9. The lowest BCUT2D eigenvalue weighted by atomic mass is 10.2. The lowest BCUT2D eigenvalue weighted by Gasteiger charge is -2.08. The van der Waals surface area contributed by atoms with Crippen molar-refractivity contribution in [2.75, 3.05) is 11.6 Å². The van der Waals surface area contributed by atoms with E-state index in [2.05, 4.69) is 21.2 Å². The lowest BCUT2D eigenvalue weighted by Crippen LogP contribution is -2.12. The zero-order chi connectivity index (χ0) is 13.7. The highest BCUT2D eigenvalue weighted by Gasteiger charge is 2.10. The predicted molar refractivity (Wildman–Crippen MR) is 85.2 cm³/mol. The molecule has 0 radical (unpaired) electrons. The van der Waals surface area contributed by atoms with E-state index < -0.39 is 0 Å². The van der Waals surface area contributed by atoms with Gasteiger partial charge in [-0.15, -0.1) is 11.8 Å². The Bertz CT molecular complexity index is 569. The number of alkyl halides is 1. The standard InChI is InChI=1S/C15H14BrNOS/c1-19-14-5-3-2-4-13(14)15(18)17-12-8-6-11(10-16)7-9-12/h2-9H,10H2,1H3,(H,17,18). The summed E-state index contributed by atoms with van der Waals surface area (Å²) in [5, 5.41) is 3.73. The number of carbonyl (C=O) groups excluding carboxylic acids is 1. The Morgan fingerprint density at radius 3 is 2.47 bits per heavy atom. The molecule has 0 aliphatic heterocycles. The van der Waals surface area contributed by atoms with Gasteiger partial charge in [-0.3, -0.25) is 4.79 Å². The number of hydrogen-bond acceptors (Lipinski definition) is 2. The summed E-state index contributed by atoms with van der Waals surface area (Å²) in [4.78, 5) is 13.2. The van der Waals surface area contributed by atoms with Crippen molar-refractivity contribution in [3.05, 3.63) is 59.7 Å². The van der Waals surface area contributed by atoms with Crippen LogP contribution in [0.1, 0.15) is 15.9 Å². The van der Waals surface area contributed by atoms with Crippen LogP contribution in [0.2, 0.25) is 0 Å². The Kier molecular flexibility index (Phi) is 5.05. The number of anilines is 1. The van der Waals surface area contributed by atoms with Gasteiger partial charge in [-0.1, -0.05) is 40.2 Å². The number of nitrogens with one attached hydrogen (secondary N) is 1. The molecule has 1 amide bonds. The molecule has 2 aromatic carbocycles. The molecule has 1 N–H and O–H groups in total. The van der Waals surface area contributed by atoms with Gasteiger partial charge < -0.3 is 5.32 Å². The fraction of sp³-hybridized carbons (Fsp3) is 0.133. The number of thioether (sulfide) groups is 1. The minimum atomic E-state index is -0.0726. The van der Waals surface area contributed by atoms with Gasteiger partial charge in [0.15, 0.2) is 0 Å². The first-order chi connectivity index (χ1) is 9.24. The smallest absolute Gasteiger partial charge is 0.256 e. The van der Waals surface area contributed by atoms with Gasteiger partial charge in [0.05, 0.1) is 5.56 Å². The Hall–Kier alpha value is -1.26. The van der Waals surface area contributed by atoms with Gasteiger partial charge in [0.25, 0.3) is 5.91 Å². The van der Waals surface area contributed by atoms with Crippen LogP contribution in [0.25, 0.3) is 0 Å². The molecule has 2 rings (SSSR count). The van der Waals surface area contributed by atoms with Crippen molar-refractivity contribution < 1.29 is 4.79 Å². The molecule has 2 nitrogen and oxygen atoms in total. The molecule has 0 aliphatic rings. The van der Waals surface area contributed by atoms with E-state index in [4.69, 9.17) is 0 Å². The summed E-state index contributed by atoms with van der Waals surface area (Å²) in [5.74, 6) is -0.0726. The second-order valence-corrected chi connectivity index (χ2v) is 5.39. The lowest BCUT2D eigenvalue weighted by molar-refractivity contribution is 0.102. The maximum atomic E-state index is 12.2. The van der Waals surface area contributed by atoms with Gasteiger partial charge in [-0.2, -0.15) is 0 Å². The first kappa shape index (κ1) is 14.2. The van der Waals surface area contributed by atoms with Crippen LogP contribution < -0.4 is 5.32 Å². The van der Waals surface area contributed by atoms with Crippen LogP contribution in [0.15, 0.2) is 53.4 Å². The SMILES string of the molecule is CSc1ccccc1C(=O)Nc1ccc(CBr)cc1. The molecule has 0 saturated heterocycles. The van der Waals surface area contributed by atoms with E-state index >= 15 is 0 Å². The Morgan fingerprint density at radius 2 is 1.84 bits per heavy atom. The molecule has 4 heteroatoms. The highest BCUT2D eigenvalue weighted by Crippen LogP contribution is 2.21. The fourth-order valence-corrected chi connectivity index (χ4v) is 2.68. The largest absolute Gasteiger partial charge is 0.322 e.